The third-order valence-corrected chi connectivity index (χ3v) is 5.77. The van der Waals surface area contributed by atoms with Gasteiger partial charge in [-0.1, -0.05) is 6.07 Å². The fourth-order valence-electron chi connectivity index (χ4n) is 3.30. The molecule has 0 saturated carbocycles. The molecule has 2 fully saturated rings. The second-order valence-corrected chi connectivity index (χ2v) is 7.88. The second-order valence-electron chi connectivity index (χ2n) is 6.85. The van der Waals surface area contributed by atoms with Crippen LogP contribution in [0.2, 0.25) is 0 Å². The van der Waals surface area contributed by atoms with E-state index in [0.29, 0.717) is 32.6 Å². The number of guanidine groups is 1. The number of aliphatic hydroxyl groups is 1. The Morgan fingerprint density at radius 1 is 1.31 bits per heavy atom. The molecule has 0 unspecified atom stereocenters. The molecule has 8 heteroatoms. The molecule has 2 aliphatic rings. The van der Waals surface area contributed by atoms with Gasteiger partial charge in [-0.25, -0.2) is 0 Å². The number of aliphatic imine (C=N–C) groups is 1. The van der Waals surface area contributed by atoms with E-state index in [1.807, 2.05) is 11.3 Å². The van der Waals surface area contributed by atoms with Crippen molar-refractivity contribution in [2.24, 2.45) is 4.99 Å². The highest BCUT2D eigenvalue weighted by Crippen LogP contribution is 2.21. The Labute approximate surface area is 177 Å². The quantitative estimate of drug-likeness (QED) is 0.373. The van der Waals surface area contributed by atoms with Crippen molar-refractivity contribution >= 4 is 41.3 Å². The molecule has 6 nitrogen and oxygen atoms in total. The first-order valence-corrected chi connectivity index (χ1v) is 10.1. The van der Waals surface area contributed by atoms with E-state index in [0.717, 1.165) is 45.2 Å². The first-order chi connectivity index (χ1) is 12.2. The van der Waals surface area contributed by atoms with Gasteiger partial charge in [0.1, 0.15) is 0 Å². The molecule has 0 aromatic carbocycles. The SMILES string of the molecule is CCNC(=NCC1(O)CCOCC1)N1CCN(Cc2cccs2)CC1.I. The van der Waals surface area contributed by atoms with Crippen LogP contribution in [0.4, 0.5) is 0 Å². The topological polar surface area (TPSA) is 60.3 Å². The number of nitrogens with zero attached hydrogens (tertiary/aromatic N) is 3. The normalized spacial score (nSPS) is 21.3. The fourth-order valence-corrected chi connectivity index (χ4v) is 4.04. The number of nitrogens with one attached hydrogen (secondary N) is 1. The molecule has 3 heterocycles. The summed E-state index contributed by atoms with van der Waals surface area (Å²) in [5.74, 6) is 0.929. The van der Waals surface area contributed by atoms with E-state index in [4.69, 9.17) is 9.73 Å². The first kappa shape index (κ1) is 21.9. The van der Waals surface area contributed by atoms with Crippen LogP contribution in [0.1, 0.15) is 24.6 Å². The standard InChI is InChI=1S/C18H30N4O2S.HI/c1-2-19-17(20-15-18(23)5-11-24-12-6-18)22-9-7-21(8-10-22)14-16-4-3-13-25-16;/h3-4,13,23H,2,5-12,14-15H2,1H3,(H,19,20);1H. The van der Waals surface area contributed by atoms with Crippen molar-refractivity contribution in [2.45, 2.75) is 31.9 Å². The van der Waals surface area contributed by atoms with Gasteiger partial charge in [-0.15, -0.1) is 35.3 Å². The fraction of sp³-hybridized carbons (Fsp3) is 0.722. The van der Waals surface area contributed by atoms with Crippen molar-refractivity contribution in [3.63, 3.8) is 0 Å². The average molecular weight is 494 g/mol. The summed E-state index contributed by atoms with van der Waals surface area (Å²) < 4.78 is 5.35. The number of thiophene rings is 1. The van der Waals surface area contributed by atoms with E-state index in [-0.39, 0.29) is 24.0 Å². The van der Waals surface area contributed by atoms with Gasteiger partial charge in [-0.2, -0.15) is 0 Å². The van der Waals surface area contributed by atoms with Crippen molar-refractivity contribution in [2.75, 3.05) is 52.5 Å². The maximum absolute atomic E-state index is 10.6. The number of rotatable bonds is 5. The van der Waals surface area contributed by atoms with Gasteiger partial charge in [0.25, 0.3) is 0 Å². The Balaban J connectivity index is 0.00000243. The Hall–Kier alpha value is -0.420. The zero-order chi connectivity index (χ0) is 17.5. The Kier molecular flexibility index (Phi) is 9.08. The zero-order valence-electron chi connectivity index (χ0n) is 15.5. The lowest BCUT2D eigenvalue weighted by atomic mass is 9.95. The molecule has 2 aliphatic heterocycles. The van der Waals surface area contributed by atoms with Crippen molar-refractivity contribution in [1.29, 1.82) is 0 Å². The van der Waals surface area contributed by atoms with E-state index < -0.39 is 5.60 Å². The summed E-state index contributed by atoms with van der Waals surface area (Å²) in [6.07, 6.45) is 1.34. The van der Waals surface area contributed by atoms with Gasteiger partial charge in [0, 0.05) is 70.2 Å². The van der Waals surface area contributed by atoms with Crippen LogP contribution in [0, 0.1) is 0 Å². The minimum absolute atomic E-state index is 0. The minimum atomic E-state index is -0.708. The molecular weight excluding hydrogens is 463 g/mol. The van der Waals surface area contributed by atoms with Crippen LogP contribution in [0.3, 0.4) is 0 Å². The molecule has 3 rings (SSSR count). The van der Waals surface area contributed by atoms with Crippen LogP contribution in [0.15, 0.2) is 22.5 Å². The molecule has 26 heavy (non-hydrogen) atoms. The van der Waals surface area contributed by atoms with Crippen molar-refractivity contribution < 1.29 is 9.84 Å². The summed E-state index contributed by atoms with van der Waals surface area (Å²) in [4.78, 5) is 11.0. The third-order valence-electron chi connectivity index (χ3n) is 4.91. The lowest BCUT2D eigenvalue weighted by Crippen LogP contribution is -2.52. The van der Waals surface area contributed by atoms with Crippen LogP contribution >= 0.6 is 35.3 Å². The lowest BCUT2D eigenvalue weighted by molar-refractivity contribution is -0.0567. The minimum Gasteiger partial charge on any atom is -0.388 e. The van der Waals surface area contributed by atoms with Gasteiger partial charge in [0.2, 0.25) is 0 Å². The summed E-state index contributed by atoms with van der Waals surface area (Å²) in [6, 6.07) is 4.32. The van der Waals surface area contributed by atoms with Gasteiger partial charge in [-0.3, -0.25) is 9.89 Å². The number of hydrogen-bond donors (Lipinski definition) is 2. The van der Waals surface area contributed by atoms with E-state index in [2.05, 4.69) is 39.6 Å². The first-order valence-electron chi connectivity index (χ1n) is 9.27. The van der Waals surface area contributed by atoms with E-state index >= 15 is 0 Å². The van der Waals surface area contributed by atoms with E-state index in [1.54, 1.807) is 0 Å². The smallest absolute Gasteiger partial charge is 0.194 e. The molecule has 0 radical (unpaired) electrons. The molecule has 0 aliphatic carbocycles. The summed E-state index contributed by atoms with van der Waals surface area (Å²) in [5, 5.41) is 16.2. The highest BCUT2D eigenvalue weighted by Gasteiger charge is 2.30. The monoisotopic (exact) mass is 494 g/mol. The van der Waals surface area contributed by atoms with Gasteiger partial charge >= 0.3 is 0 Å². The summed E-state index contributed by atoms with van der Waals surface area (Å²) in [7, 11) is 0. The summed E-state index contributed by atoms with van der Waals surface area (Å²) in [5.41, 5.74) is -0.708. The number of piperazine rings is 1. The molecule has 2 saturated heterocycles. The van der Waals surface area contributed by atoms with Crippen LogP contribution in [-0.2, 0) is 11.3 Å². The van der Waals surface area contributed by atoms with Gasteiger partial charge in [0.05, 0.1) is 12.1 Å². The molecule has 148 valence electrons. The maximum Gasteiger partial charge on any atom is 0.194 e. The Morgan fingerprint density at radius 3 is 2.65 bits per heavy atom. The number of ether oxygens (including phenoxy) is 1. The number of halogens is 1. The second kappa shape index (κ2) is 10.8. The highest BCUT2D eigenvalue weighted by atomic mass is 127. The average Bonchev–Trinajstić information content (AvgIpc) is 3.13. The van der Waals surface area contributed by atoms with Crippen LogP contribution in [0.5, 0.6) is 0 Å². The highest BCUT2D eigenvalue weighted by molar-refractivity contribution is 14.0. The lowest BCUT2D eigenvalue weighted by Gasteiger charge is -2.37. The molecule has 1 aromatic rings. The van der Waals surface area contributed by atoms with Gasteiger partial charge < -0.3 is 20.1 Å². The summed E-state index contributed by atoms with van der Waals surface area (Å²) >= 11 is 1.83. The molecule has 0 spiro atoms. The molecule has 0 bridgehead atoms. The Bertz CT molecular complexity index is 541. The maximum atomic E-state index is 10.6. The van der Waals surface area contributed by atoms with Crippen LogP contribution in [-0.4, -0.2) is 78.9 Å². The van der Waals surface area contributed by atoms with Crippen LogP contribution in [0.25, 0.3) is 0 Å². The predicted octanol–water partition coefficient (Wildman–Crippen LogP) is 1.99. The van der Waals surface area contributed by atoms with Gasteiger partial charge in [-0.05, 0) is 18.4 Å². The van der Waals surface area contributed by atoms with Gasteiger partial charge in [0.15, 0.2) is 5.96 Å². The summed E-state index contributed by atoms with van der Waals surface area (Å²) in [6.45, 7) is 9.71. The largest absolute Gasteiger partial charge is 0.388 e. The predicted molar refractivity (Wildman–Crippen MR) is 118 cm³/mol. The third kappa shape index (κ3) is 6.33. The molecule has 0 atom stereocenters. The molecule has 2 N–H and O–H groups in total. The molecular formula is C18H31IN4O2S. The zero-order valence-corrected chi connectivity index (χ0v) is 18.7. The van der Waals surface area contributed by atoms with Crippen molar-refractivity contribution in [3.8, 4) is 0 Å². The number of hydrogen-bond acceptors (Lipinski definition) is 5. The molecule has 0 amide bonds. The van der Waals surface area contributed by atoms with Crippen molar-refractivity contribution in [3.05, 3.63) is 22.4 Å². The molecule has 1 aromatic heterocycles. The Morgan fingerprint density at radius 2 is 2.04 bits per heavy atom. The van der Waals surface area contributed by atoms with Crippen LogP contribution < -0.4 is 5.32 Å². The van der Waals surface area contributed by atoms with Crippen molar-refractivity contribution in [1.82, 2.24) is 15.1 Å². The van der Waals surface area contributed by atoms with E-state index in [9.17, 15) is 5.11 Å². The van der Waals surface area contributed by atoms with E-state index in [1.165, 1.54) is 4.88 Å².